The predicted molar refractivity (Wildman–Crippen MR) is 70.3 cm³/mol. The van der Waals surface area contributed by atoms with Crippen LogP contribution >= 0.6 is 34.2 Å². The van der Waals surface area contributed by atoms with Crippen molar-refractivity contribution in [2.45, 2.75) is 6.42 Å². The molecule has 0 heterocycles. The van der Waals surface area contributed by atoms with Crippen LogP contribution in [0.15, 0.2) is 18.2 Å². The number of hydrogen-bond donors (Lipinski definition) is 2. The van der Waals surface area contributed by atoms with E-state index in [1.165, 1.54) is 0 Å². The van der Waals surface area contributed by atoms with Crippen LogP contribution in [0.25, 0.3) is 0 Å². The van der Waals surface area contributed by atoms with Gasteiger partial charge in [0.1, 0.15) is 0 Å². The lowest BCUT2D eigenvalue weighted by Crippen LogP contribution is -2.27. The first-order chi connectivity index (χ1) is 7.50. The summed E-state index contributed by atoms with van der Waals surface area (Å²) in [5, 5.41) is 3.11. The first-order valence-corrected chi connectivity index (χ1v) is 5.98. The number of amides is 2. The van der Waals surface area contributed by atoms with Crippen molar-refractivity contribution in [3.63, 3.8) is 0 Å². The molecule has 1 aromatic rings. The van der Waals surface area contributed by atoms with Crippen molar-refractivity contribution in [2.75, 3.05) is 6.54 Å². The molecule has 0 spiro atoms. The molecule has 0 atom stereocenters. The second kappa shape index (κ2) is 6.05. The number of nitrogens with two attached hydrogens (primary N) is 1. The third-order valence-corrected chi connectivity index (χ3v) is 3.41. The molecule has 0 aromatic heterocycles. The van der Waals surface area contributed by atoms with Crippen LogP contribution in [-0.4, -0.2) is 18.4 Å². The lowest BCUT2D eigenvalue weighted by atomic mass is 10.2. The quantitative estimate of drug-likeness (QED) is 0.807. The van der Waals surface area contributed by atoms with E-state index in [0.717, 1.165) is 3.57 Å². The molecule has 16 heavy (non-hydrogen) atoms. The van der Waals surface area contributed by atoms with Gasteiger partial charge >= 0.3 is 0 Å². The minimum atomic E-state index is -0.444. The fraction of sp³-hybridized carbons (Fsp3) is 0.200. The summed E-state index contributed by atoms with van der Waals surface area (Å²) in [5.74, 6) is -0.708. The second-order valence-corrected chi connectivity index (χ2v) is 4.67. The van der Waals surface area contributed by atoms with Crippen molar-refractivity contribution in [1.29, 1.82) is 0 Å². The number of rotatable bonds is 4. The minimum Gasteiger partial charge on any atom is -0.370 e. The molecule has 0 bridgehead atoms. The summed E-state index contributed by atoms with van der Waals surface area (Å²) in [7, 11) is 0. The van der Waals surface area contributed by atoms with Gasteiger partial charge in [0.2, 0.25) is 5.91 Å². The third kappa shape index (κ3) is 3.97. The zero-order valence-electron chi connectivity index (χ0n) is 8.30. The van der Waals surface area contributed by atoms with Crippen molar-refractivity contribution in [3.05, 3.63) is 32.4 Å². The molecular formula is C10H10ClIN2O2. The SMILES string of the molecule is NC(=O)CCNC(=O)c1ccc(I)c(Cl)c1. The van der Waals surface area contributed by atoms with Gasteiger partial charge in [-0.05, 0) is 40.8 Å². The number of hydrogen-bond acceptors (Lipinski definition) is 2. The Labute approximate surface area is 112 Å². The highest BCUT2D eigenvalue weighted by Gasteiger charge is 2.07. The average molecular weight is 353 g/mol. The fourth-order valence-electron chi connectivity index (χ4n) is 1.04. The molecule has 4 nitrogen and oxygen atoms in total. The summed E-state index contributed by atoms with van der Waals surface area (Å²) in [5.41, 5.74) is 5.42. The zero-order valence-corrected chi connectivity index (χ0v) is 11.2. The maximum atomic E-state index is 11.6. The molecule has 0 saturated heterocycles. The topological polar surface area (TPSA) is 72.2 Å². The lowest BCUT2D eigenvalue weighted by Gasteiger charge is -2.04. The fourth-order valence-corrected chi connectivity index (χ4v) is 1.55. The molecule has 1 rings (SSSR count). The van der Waals surface area contributed by atoms with Gasteiger partial charge in [-0.2, -0.15) is 0 Å². The maximum absolute atomic E-state index is 11.6. The summed E-state index contributed by atoms with van der Waals surface area (Å²) in [4.78, 5) is 22.0. The average Bonchev–Trinajstić information content (AvgIpc) is 2.21. The molecule has 0 radical (unpaired) electrons. The highest BCUT2D eigenvalue weighted by molar-refractivity contribution is 14.1. The Morgan fingerprint density at radius 1 is 1.44 bits per heavy atom. The van der Waals surface area contributed by atoms with Crippen LogP contribution in [0.3, 0.4) is 0 Å². The van der Waals surface area contributed by atoms with Gasteiger partial charge in [-0.25, -0.2) is 0 Å². The van der Waals surface area contributed by atoms with Crippen LogP contribution in [0.2, 0.25) is 5.02 Å². The van der Waals surface area contributed by atoms with E-state index in [1.807, 2.05) is 0 Å². The Kier molecular flexibility index (Phi) is 5.01. The van der Waals surface area contributed by atoms with Gasteiger partial charge in [-0.15, -0.1) is 0 Å². The Morgan fingerprint density at radius 2 is 2.12 bits per heavy atom. The summed E-state index contributed by atoms with van der Waals surface area (Å²) >= 11 is 7.96. The number of carbonyl (C=O) groups is 2. The van der Waals surface area contributed by atoms with Gasteiger partial charge in [-0.1, -0.05) is 11.6 Å². The number of nitrogens with one attached hydrogen (secondary N) is 1. The second-order valence-electron chi connectivity index (χ2n) is 3.10. The van der Waals surface area contributed by atoms with Gasteiger partial charge in [0.25, 0.3) is 5.91 Å². The van der Waals surface area contributed by atoms with Crippen LogP contribution in [0, 0.1) is 3.57 Å². The van der Waals surface area contributed by atoms with Crippen LogP contribution in [-0.2, 0) is 4.79 Å². The third-order valence-electron chi connectivity index (χ3n) is 1.84. The summed E-state index contributed by atoms with van der Waals surface area (Å²) < 4.78 is 0.882. The van der Waals surface area contributed by atoms with Crippen molar-refractivity contribution in [2.24, 2.45) is 5.73 Å². The summed E-state index contributed by atoms with van der Waals surface area (Å²) in [6.07, 6.45) is 0.129. The van der Waals surface area contributed by atoms with E-state index in [2.05, 4.69) is 27.9 Å². The monoisotopic (exact) mass is 352 g/mol. The summed E-state index contributed by atoms with van der Waals surface area (Å²) in [6, 6.07) is 5.02. The van der Waals surface area contributed by atoms with Crippen LogP contribution < -0.4 is 11.1 Å². The zero-order chi connectivity index (χ0) is 12.1. The van der Waals surface area contributed by atoms with Gasteiger partial charge < -0.3 is 11.1 Å². The van der Waals surface area contributed by atoms with Gasteiger partial charge in [0.05, 0.1) is 5.02 Å². The number of halogens is 2. The van der Waals surface area contributed by atoms with Crippen molar-refractivity contribution in [1.82, 2.24) is 5.32 Å². The standard InChI is InChI=1S/C10H10ClIN2O2/c11-7-5-6(1-2-8(7)12)10(16)14-4-3-9(13)15/h1-2,5H,3-4H2,(H2,13,15)(H,14,16). The molecule has 3 N–H and O–H groups in total. The number of primary amides is 1. The molecular weight excluding hydrogens is 342 g/mol. The maximum Gasteiger partial charge on any atom is 0.251 e. The van der Waals surface area contributed by atoms with E-state index in [9.17, 15) is 9.59 Å². The molecule has 0 saturated carbocycles. The Balaban J connectivity index is 2.59. The summed E-state index contributed by atoms with van der Waals surface area (Å²) in [6.45, 7) is 0.234. The normalized spacial score (nSPS) is 9.88. The highest BCUT2D eigenvalue weighted by atomic mass is 127. The molecule has 6 heteroatoms. The van der Waals surface area contributed by atoms with E-state index in [4.69, 9.17) is 17.3 Å². The molecule has 0 aliphatic heterocycles. The largest absolute Gasteiger partial charge is 0.370 e. The van der Waals surface area contributed by atoms with Gasteiger partial charge in [0.15, 0.2) is 0 Å². The van der Waals surface area contributed by atoms with E-state index in [0.29, 0.717) is 10.6 Å². The smallest absolute Gasteiger partial charge is 0.251 e. The van der Waals surface area contributed by atoms with Crippen LogP contribution in [0.4, 0.5) is 0 Å². The van der Waals surface area contributed by atoms with Gasteiger partial charge in [0, 0.05) is 22.1 Å². The Hall–Kier alpha value is -0.820. The van der Waals surface area contributed by atoms with Crippen molar-refractivity contribution < 1.29 is 9.59 Å². The molecule has 1 aromatic carbocycles. The number of benzene rings is 1. The van der Waals surface area contributed by atoms with E-state index in [-0.39, 0.29) is 18.9 Å². The van der Waals surface area contributed by atoms with E-state index >= 15 is 0 Å². The number of carbonyl (C=O) groups excluding carboxylic acids is 2. The van der Waals surface area contributed by atoms with Crippen LogP contribution in [0.5, 0.6) is 0 Å². The van der Waals surface area contributed by atoms with E-state index in [1.54, 1.807) is 18.2 Å². The Morgan fingerprint density at radius 3 is 2.69 bits per heavy atom. The Bertz CT molecular complexity index is 423. The van der Waals surface area contributed by atoms with Crippen LogP contribution in [0.1, 0.15) is 16.8 Å². The molecule has 86 valence electrons. The molecule has 0 unspecified atom stereocenters. The molecule has 0 aliphatic carbocycles. The molecule has 2 amide bonds. The molecule has 0 aliphatic rings. The van der Waals surface area contributed by atoms with Gasteiger partial charge in [-0.3, -0.25) is 9.59 Å². The molecule has 0 fully saturated rings. The van der Waals surface area contributed by atoms with Crippen molar-refractivity contribution in [3.8, 4) is 0 Å². The predicted octanol–water partition coefficient (Wildman–Crippen LogP) is 1.55. The highest BCUT2D eigenvalue weighted by Crippen LogP contribution is 2.19. The van der Waals surface area contributed by atoms with Crippen molar-refractivity contribution >= 4 is 46.0 Å². The first-order valence-electron chi connectivity index (χ1n) is 4.52. The first kappa shape index (κ1) is 13.2. The lowest BCUT2D eigenvalue weighted by molar-refractivity contribution is -0.117. The minimum absolute atomic E-state index is 0.129. The van der Waals surface area contributed by atoms with E-state index < -0.39 is 5.91 Å².